The normalized spacial score (nSPS) is 14.6. The first-order valence-corrected chi connectivity index (χ1v) is 14.9. The van der Waals surface area contributed by atoms with Crippen molar-refractivity contribution in [1.82, 2.24) is 0 Å². The Labute approximate surface area is 241 Å². The molecule has 40 heavy (non-hydrogen) atoms. The third kappa shape index (κ3) is 9.60. The topological polar surface area (TPSA) is 91.7 Å². The fraction of sp³-hybridized carbons (Fsp3) is 0.571. The first kappa shape index (κ1) is 33.3. The molecule has 0 bridgehead atoms. The van der Waals surface area contributed by atoms with E-state index in [1.165, 1.54) is 11.1 Å². The van der Waals surface area contributed by atoms with Crippen molar-refractivity contribution in [2.75, 3.05) is 0 Å². The van der Waals surface area contributed by atoms with Crippen molar-refractivity contribution in [3.05, 3.63) is 70.8 Å². The van der Waals surface area contributed by atoms with Crippen LogP contribution in [0.3, 0.4) is 0 Å². The number of carboxylic acids is 2. The number of carbonyl (C=O) groups is 3. The number of benzene rings is 2. The summed E-state index contributed by atoms with van der Waals surface area (Å²) in [6.45, 7) is 12.2. The Kier molecular flexibility index (Phi) is 12.6. The molecule has 5 nitrogen and oxygen atoms in total. The molecule has 5 heteroatoms. The molecule has 0 aliphatic carbocycles. The largest absolute Gasteiger partial charge is 0.481 e. The second-order valence-electron chi connectivity index (χ2n) is 12.8. The number of carbonyl (C=O) groups excluding carboxylic acids is 1. The van der Waals surface area contributed by atoms with E-state index in [9.17, 15) is 24.6 Å². The highest BCUT2D eigenvalue weighted by atomic mass is 16.4. The van der Waals surface area contributed by atoms with Crippen molar-refractivity contribution in [1.29, 1.82) is 0 Å². The summed E-state index contributed by atoms with van der Waals surface area (Å²) in [5, 5.41) is 20.0. The summed E-state index contributed by atoms with van der Waals surface area (Å²) in [6, 6.07) is 15.8. The Hall–Kier alpha value is -2.95. The first-order valence-electron chi connectivity index (χ1n) is 14.9. The van der Waals surface area contributed by atoms with Gasteiger partial charge in [0.2, 0.25) is 0 Å². The molecular formula is C35H50O5. The van der Waals surface area contributed by atoms with Crippen LogP contribution in [-0.2, 0) is 38.1 Å². The number of Topliss-reactive ketones (excluding diaryl/α,β-unsaturated/α-hetero) is 1. The van der Waals surface area contributed by atoms with E-state index < -0.39 is 22.8 Å². The summed E-state index contributed by atoms with van der Waals surface area (Å²) in [7, 11) is 0. The maximum Gasteiger partial charge on any atom is 0.313 e. The first-order chi connectivity index (χ1) is 18.8. The summed E-state index contributed by atoms with van der Waals surface area (Å²) in [4.78, 5) is 36.9. The lowest BCUT2D eigenvalue weighted by atomic mass is 9.77. The minimum Gasteiger partial charge on any atom is -0.481 e. The Morgan fingerprint density at radius 1 is 0.600 bits per heavy atom. The average Bonchev–Trinajstić information content (AvgIpc) is 2.88. The second kappa shape index (κ2) is 15.2. The van der Waals surface area contributed by atoms with Crippen LogP contribution >= 0.6 is 0 Å². The molecule has 0 aromatic heterocycles. The molecule has 0 spiro atoms. The lowest BCUT2D eigenvalue weighted by Crippen LogP contribution is -2.32. The molecule has 220 valence electrons. The van der Waals surface area contributed by atoms with Crippen molar-refractivity contribution in [2.24, 2.45) is 11.8 Å². The number of hydrogen-bond acceptors (Lipinski definition) is 3. The monoisotopic (exact) mass is 550 g/mol. The van der Waals surface area contributed by atoms with Gasteiger partial charge in [0.15, 0.2) is 0 Å². The fourth-order valence-electron chi connectivity index (χ4n) is 5.44. The molecule has 0 aliphatic rings. The van der Waals surface area contributed by atoms with E-state index in [4.69, 9.17) is 0 Å². The number of carboxylic acid groups (broad SMARTS) is 2. The van der Waals surface area contributed by atoms with E-state index in [2.05, 4.69) is 27.7 Å². The van der Waals surface area contributed by atoms with E-state index in [1.54, 1.807) is 13.8 Å². The summed E-state index contributed by atoms with van der Waals surface area (Å²) in [5.74, 6) is -0.437. The van der Waals surface area contributed by atoms with Gasteiger partial charge in [0.25, 0.3) is 0 Å². The quantitative estimate of drug-likeness (QED) is 0.183. The van der Waals surface area contributed by atoms with Crippen LogP contribution in [-0.4, -0.2) is 27.9 Å². The molecule has 2 aromatic rings. The van der Waals surface area contributed by atoms with Gasteiger partial charge in [0.1, 0.15) is 5.78 Å². The van der Waals surface area contributed by atoms with Gasteiger partial charge in [-0.05, 0) is 86.5 Å². The molecule has 2 atom stereocenters. The number of rotatable bonds is 18. The summed E-state index contributed by atoms with van der Waals surface area (Å²) in [6.07, 6.45) is 6.37. The molecule has 0 saturated heterocycles. The number of ketones is 1. The van der Waals surface area contributed by atoms with Crippen LogP contribution in [0.2, 0.25) is 0 Å². The van der Waals surface area contributed by atoms with Gasteiger partial charge in [-0.3, -0.25) is 14.4 Å². The highest BCUT2D eigenvalue weighted by molar-refractivity contribution is 5.81. The number of hydrogen-bond donors (Lipinski definition) is 2. The van der Waals surface area contributed by atoms with Crippen LogP contribution < -0.4 is 0 Å². The molecule has 2 N–H and O–H groups in total. The summed E-state index contributed by atoms with van der Waals surface area (Å²) in [5.41, 5.74) is 2.06. The fourth-order valence-corrected chi connectivity index (χ4v) is 5.44. The smallest absolute Gasteiger partial charge is 0.313 e. The summed E-state index contributed by atoms with van der Waals surface area (Å²) < 4.78 is 0. The zero-order chi connectivity index (χ0) is 29.9. The molecule has 0 saturated carbocycles. The van der Waals surface area contributed by atoms with Crippen molar-refractivity contribution >= 4 is 17.7 Å². The van der Waals surface area contributed by atoms with Gasteiger partial charge >= 0.3 is 11.9 Å². The van der Waals surface area contributed by atoms with Gasteiger partial charge in [0.05, 0.1) is 10.8 Å². The maximum atomic E-state index is 12.5. The van der Waals surface area contributed by atoms with Crippen LogP contribution in [0.5, 0.6) is 0 Å². The van der Waals surface area contributed by atoms with Crippen molar-refractivity contribution < 1.29 is 24.6 Å². The SMILES string of the molecule is CC(C)Cc1ccc(C(C)(CCCCC(=O)CCCCC(C)(C(=O)O)c2ccc(CC(C)C)cc2)C(=O)O)cc1. The Bertz CT molecular complexity index is 1010. The summed E-state index contributed by atoms with van der Waals surface area (Å²) >= 11 is 0. The molecule has 0 heterocycles. The van der Waals surface area contributed by atoms with Gasteiger partial charge in [0, 0.05) is 12.8 Å². The van der Waals surface area contributed by atoms with Gasteiger partial charge in [-0.25, -0.2) is 0 Å². The van der Waals surface area contributed by atoms with E-state index in [-0.39, 0.29) is 5.78 Å². The zero-order valence-electron chi connectivity index (χ0n) is 25.5. The standard InChI is InChI=1S/C35H50O5/c1-25(2)23-27-13-17-29(18-14-27)34(5,32(37)38)21-9-7-11-31(36)12-8-10-22-35(6,33(39)40)30-19-15-28(16-20-30)24-26(3)4/h13-20,25-26H,7-12,21-24H2,1-6H3,(H,37,38)(H,39,40). The van der Waals surface area contributed by atoms with Crippen molar-refractivity contribution in [3.63, 3.8) is 0 Å². The van der Waals surface area contributed by atoms with E-state index in [0.29, 0.717) is 63.2 Å². The average molecular weight is 551 g/mol. The Morgan fingerprint density at radius 3 is 1.20 bits per heavy atom. The van der Waals surface area contributed by atoms with Crippen molar-refractivity contribution in [3.8, 4) is 0 Å². The van der Waals surface area contributed by atoms with Crippen LogP contribution in [0.1, 0.15) is 115 Å². The van der Waals surface area contributed by atoms with Gasteiger partial charge in [-0.15, -0.1) is 0 Å². The lowest BCUT2D eigenvalue weighted by molar-refractivity contribution is -0.144. The van der Waals surface area contributed by atoms with E-state index >= 15 is 0 Å². The van der Waals surface area contributed by atoms with Crippen LogP contribution in [0, 0.1) is 11.8 Å². The van der Waals surface area contributed by atoms with Crippen LogP contribution in [0.4, 0.5) is 0 Å². The van der Waals surface area contributed by atoms with Gasteiger partial charge < -0.3 is 10.2 Å². The van der Waals surface area contributed by atoms with Crippen molar-refractivity contribution in [2.45, 2.75) is 117 Å². The lowest BCUT2D eigenvalue weighted by Gasteiger charge is -2.26. The number of unbranched alkanes of at least 4 members (excludes halogenated alkanes) is 2. The molecule has 0 amide bonds. The predicted molar refractivity (Wildman–Crippen MR) is 162 cm³/mol. The third-order valence-electron chi connectivity index (χ3n) is 8.18. The molecule has 0 radical (unpaired) electrons. The molecule has 2 unspecified atom stereocenters. The maximum absolute atomic E-state index is 12.5. The molecule has 2 aromatic carbocycles. The highest BCUT2D eigenvalue weighted by Crippen LogP contribution is 2.32. The molecule has 0 fully saturated rings. The molecule has 2 rings (SSSR count). The van der Waals surface area contributed by atoms with E-state index in [1.807, 2.05) is 48.5 Å². The predicted octanol–water partition coefficient (Wildman–Crippen LogP) is 8.16. The van der Waals surface area contributed by atoms with E-state index in [0.717, 1.165) is 24.0 Å². The molecular weight excluding hydrogens is 500 g/mol. The minimum atomic E-state index is -0.978. The Balaban J connectivity index is 1.81. The highest BCUT2D eigenvalue weighted by Gasteiger charge is 2.35. The Morgan fingerprint density at radius 2 is 0.925 bits per heavy atom. The van der Waals surface area contributed by atoms with Gasteiger partial charge in [-0.1, -0.05) is 89.1 Å². The van der Waals surface area contributed by atoms with Crippen LogP contribution in [0.15, 0.2) is 48.5 Å². The minimum absolute atomic E-state index is 0.158. The second-order valence-corrected chi connectivity index (χ2v) is 12.8. The zero-order valence-corrected chi connectivity index (χ0v) is 25.5. The number of aliphatic carboxylic acids is 2. The third-order valence-corrected chi connectivity index (χ3v) is 8.18. The molecule has 0 aliphatic heterocycles. The van der Waals surface area contributed by atoms with Crippen LogP contribution in [0.25, 0.3) is 0 Å². The van der Waals surface area contributed by atoms with Gasteiger partial charge in [-0.2, -0.15) is 0 Å².